The van der Waals surface area contributed by atoms with Crippen LogP contribution in [0.4, 0.5) is 4.39 Å². The van der Waals surface area contributed by atoms with Crippen LogP contribution in [0.1, 0.15) is 22.3 Å². The molecule has 2 aromatic rings. The summed E-state index contributed by atoms with van der Waals surface area (Å²) in [5.41, 5.74) is 0.867. The second-order valence-electron chi connectivity index (χ2n) is 3.59. The normalized spacial score (nSPS) is 10.6. The average Bonchev–Trinajstić information content (AvgIpc) is 2.60. The minimum Gasteiger partial charge on any atom is -0.294 e. The summed E-state index contributed by atoms with van der Waals surface area (Å²) in [5.74, 6) is -0.500. The Labute approximate surface area is 107 Å². The van der Waals surface area contributed by atoms with E-state index in [0.29, 0.717) is 20.6 Å². The summed E-state index contributed by atoms with van der Waals surface area (Å²) in [7, 11) is 0. The molecule has 2 nitrogen and oxygen atoms in total. The van der Waals surface area contributed by atoms with E-state index < -0.39 is 5.82 Å². The maximum absolute atomic E-state index is 13.7. The molecule has 1 aromatic heterocycles. The van der Waals surface area contributed by atoms with Gasteiger partial charge in [0.05, 0.1) is 21.2 Å². The topological polar surface area (TPSA) is 30.0 Å². The van der Waals surface area contributed by atoms with Gasteiger partial charge >= 0.3 is 0 Å². The van der Waals surface area contributed by atoms with Crippen molar-refractivity contribution in [3.63, 3.8) is 0 Å². The van der Waals surface area contributed by atoms with Crippen LogP contribution in [0, 0.1) is 12.7 Å². The number of rotatable bonds is 2. The van der Waals surface area contributed by atoms with Gasteiger partial charge in [0.25, 0.3) is 0 Å². The van der Waals surface area contributed by atoms with Crippen LogP contribution in [0.5, 0.6) is 0 Å². The number of hydrogen-bond donors (Lipinski definition) is 0. The minimum absolute atomic E-state index is 0.0706. The fourth-order valence-electron chi connectivity index (χ4n) is 1.53. The number of carbonyl (C=O) groups excluding carboxylic acids is 1. The highest BCUT2D eigenvalue weighted by Crippen LogP contribution is 2.34. The van der Waals surface area contributed by atoms with Gasteiger partial charge < -0.3 is 0 Å². The molecule has 0 radical (unpaired) electrons. The van der Waals surface area contributed by atoms with Crippen molar-refractivity contribution < 1.29 is 9.18 Å². The molecule has 2 rings (SSSR count). The van der Waals surface area contributed by atoms with Crippen LogP contribution in [-0.2, 0) is 0 Å². The number of benzene rings is 1. The SMILES string of the molecule is CC(=O)c1sc(-c2c(F)cccc2Cl)nc1C. The summed E-state index contributed by atoms with van der Waals surface area (Å²) in [4.78, 5) is 16.1. The number of aromatic nitrogens is 1. The molecule has 0 aliphatic rings. The van der Waals surface area contributed by atoms with Crippen molar-refractivity contribution >= 4 is 28.7 Å². The van der Waals surface area contributed by atoms with E-state index in [2.05, 4.69) is 4.98 Å². The Morgan fingerprint density at radius 3 is 2.71 bits per heavy atom. The zero-order chi connectivity index (χ0) is 12.6. The molecule has 0 unspecified atom stereocenters. The van der Waals surface area contributed by atoms with Crippen molar-refractivity contribution in [2.45, 2.75) is 13.8 Å². The van der Waals surface area contributed by atoms with Crippen molar-refractivity contribution in [3.05, 3.63) is 39.6 Å². The van der Waals surface area contributed by atoms with Crippen molar-refractivity contribution in [2.75, 3.05) is 0 Å². The van der Waals surface area contributed by atoms with Crippen LogP contribution in [0.3, 0.4) is 0 Å². The Morgan fingerprint density at radius 1 is 1.47 bits per heavy atom. The van der Waals surface area contributed by atoms with E-state index in [0.717, 1.165) is 11.3 Å². The van der Waals surface area contributed by atoms with Gasteiger partial charge in [-0.25, -0.2) is 9.37 Å². The lowest BCUT2D eigenvalue weighted by Crippen LogP contribution is -1.89. The van der Waals surface area contributed by atoms with Gasteiger partial charge in [-0.3, -0.25) is 4.79 Å². The Balaban J connectivity index is 2.62. The predicted molar refractivity (Wildman–Crippen MR) is 67.3 cm³/mol. The molecule has 88 valence electrons. The Hall–Kier alpha value is -1.26. The molecular formula is C12H9ClFNOS. The third-order valence-electron chi connectivity index (χ3n) is 2.29. The van der Waals surface area contributed by atoms with Crippen LogP contribution in [-0.4, -0.2) is 10.8 Å². The molecule has 0 aliphatic heterocycles. The fourth-order valence-corrected chi connectivity index (χ4v) is 2.86. The van der Waals surface area contributed by atoms with E-state index in [4.69, 9.17) is 11.6 Å². The third-order valence-corrected chi connectivity index (χ3v) is 3.88. The van der Waals surface area contributed by atoms with Gasteiger partial charge in [0, 0.05) is 6.92 Å². The number of aryl methyl sites for hydroxylation is 1. The first-order valence-electron chi connectivity index (χ1n) is 4.93. The van der Waals surface area contributed by atoms with E-state index >= 15 is 0 Å². The van der Waals surface area contributed by atoms with E-state index in [1.165, 1.54) is 19.1 Å². The Kier molecular flexibility index (Phi) is 3.26. The molecule has 0 bridgehead atoms. The summed E-state index contributed by atoms with van der Waals surface area (Å²) in [6.45, 7) is 3.19. The molecule has 17 heavy (non-hydrogen) atoms. The number of hydrogen-bond acceptors (Lipinski definition) is 3. The average molecular weight is 270 g/mol. The second-order valence-corrected chi connectivity index (χ2v) is 4.99. The lowest BCUT2D eigenvalue weighted by molar-refractivity contribution is 0.102. The second kappa shape index (κ2) is 4.55. The summed E-state index contributed by atoms with van der Waals surface area (Å²) >= 11 is 7.11. The predicted octanol–water partition coefficient (Wildman–Crippen LogP) is 4.11. The molecule has 0 saturated carbocycles. The molecule has 0 amide bonds. The van der Waals surface area contributed by atoms with Gasteiger partial charge in [0.15, 0.2) is 5.78 Å². The Morgan fingerprint density at radius 2 is 2.18 bits per heavy atom. The lowest BCUT2D eigenvalue weighted by Gasteiger charge is -2.00. The number of thiazole rings is 1. The molecule has 0 saturated heterocycles. The van der Waals surface area contributed by atoms with E-state index in [1.54, 1.807) is 13.0 Å². The van der Waals surface area contributed by atoms with E-state index in [1.807, 2.05) is 0 Å². The summed E-state index contributed by atoms with van der Waals surface area (Å²) in [6.07, 6.45) is 0. The van der Waals surface area contributed by atoms with Crippen molar-refractivity contribution in [2.24, 2.45) is 0 Å². The highest BCUT2D eigenvalue weighted by atomic mass is 35.5. The minimum atomic E-state index is -0.429. The summed E-state index contributed by atoms with van der Waals surface area (Å²) in [5, 5.41) is 0.740. The maximum Gasteiger partial charge on any atom is 0.171 e. The van der Waals surface area contributed by atoms with Crippen LogP contribution in [0.15, 0.2) is 18.2 Å². The van der Waals surface area contributed by atoms with Crippen LogP contribution < -0.4 is 0 Å². The van der Waals surface area contributed by atoms with Crippen LogP contribution >= 0.6 is 22.9 Å². The molecule has 0 atom stereocenters. The first-order valence-corrected chi connectivity index (χ1v) is 6.13. The molecule has 1 aromatic carbocycles. The zero-order valence-electron chi connectivity index (χ0n) is 9.25. The number of nitrogens with zero attached hydrogens (tertiary/aromatic N) is 1. The molecule has 0 aliphatic carbocycles. The molecule has 1 heterocycles. The third kappa shape index (κ3) is 2.23. The highest BCUT2D eigenvalue weighted by molar-refractivity contribution is 7.17. The first-order chi connectivity index (χ1) is 8.00. The molecule has 0 spiro atoms. The van der Waals surface area contributed by atoms with Crippen molar-refractivity contribution in [3.8, 4) is 10.6 Å². The highest BCUT2D eigenvalue weighted by Gasteiger charge is 2.17. The number of Topliss-reactive ketones (excluding diaryl/α,β-unsaturated/α-hetero) is 1. The summed E-state index contributed by atoms with van der Waals surface area (Å²) < 4.78 is 13.7. The quantitative estimate of drug-likeness (QED) is 0.768. The number of carbonyl (C=O) groups is 1. The fraction of sp³-hybridized carbons (Fsp3) is 0.167. The van der Waals surface area contributed by atoms with Gasteiger partial charge in [0.1, 0.15) is 10.8 Å². The molecule has 5 heteroatoms. The Bertz CT molecular complexity index is 574. The van der Waals surface area contributed by atoms with Gasteiger partial charge in [-0.05, 0) is 19.1 Å². The van der Waals surface area contributed by atoms with Crippen LogP contribution in [0.25, 0.3) is 10.6 Å². The number of halogens is 2. The molecule has 0 fully saturated rings. The smallest absolute Gasteiger partial charge is 0.171 e. The maximum atomic E-state index is 13.7. The number of ketones is 1. The van der Waals surface area contributed by atoms with Gasteiger partial charge in [-0.1, -0.05) is 17.7 Å². The van der Waals surface area contributed by atoms with Gasteiger partial charge in [-0.2, -0.15) is 0 Å². The van der Waals surface area contributed by atoms with Crippen molar-refractivity contribution in [1.82, 2.24) is 4.98 Å². The molecular weight excluding hydrogens is 261 g/mol. The standard InChI is InChI=1S/C12H9ClFNOS/c1-6-11(7(2)16)17-12(15-6)10-8(13)4-3-5-9(10)14/h3-5H,1-2H3. The van der Waals surface area contributed by atoms with Gasteiger partial charge in [0.2, 0.25) is 0 Å². The zero-order valence-corrected chi connectivity index (χ0v) is 10.8. The summed E-state index contributed by atoms with van der Waals surface area (Å²) in [6, 6.07) is 4.46. The molecule has 0 N–H and O–H groups in total. The van der Waals surface area contributed by atoms with Crippen LogP contribution in [0.2, 0.25) is 5.02 Å². The van der Waals surface area contributed by atoms with Crippen molar-refractivity contribution in [1.29, 1.82) is 0 Å². The van der Waals surface area contributed by atoms with Gasteiger partial charge in [-0.15, -0.1) is 11.3 Å². The largest absolute Gasteiger partial charge is 0.294 e. The lowest BCUT2D eigenvalue weighted by atomic mass is 10.2. The monoisotopic (exact) mass is 269 g/mol. The van der Waals surface area contributed by atoms with E-state index in [9.17, 15) is 9.18 Å². The van der Waals surface area contributed by atoms with E-state index in [-0.39, 0.29) is 11.3 Å². The first kappa shape index (κ1) is 12.2.